The van der Waals surface area contributed by atoms with Crippen molar-refractivity contribution in [3.63, 3.8) is 0 Å². The Labute approximate surface area is 756 Å². The van der Waals surface area contributed by atoms with Crippen molar-refractivity contribution in [3.8, 4) is 0 Å². The average molecular weight is 2400 g/mol. The minimum absolute atomic E-state index is 0. The van der Waals surface area contributed by atoms with Gasteiger partial charge in [0, 0.05) is 0 Å². The van der Waals surface area contributed by atoms with E-state index in [-0.39, 0.29) is 95.9 Å². The third-order valence-corrected chi connectivity index (χ3v) is 36.9. The summed E-state index contributed by atoms with van der Waals surface area (Å²) in [4.78, 5) is 9.82. The van der Waals surface area contributed by atoms with E-state index < -0.39 is 0 Å². The van der Waals surface area contributed by atoms with Crippen LogP contribution in [0.5, 0.6) is 0 Å². The summed E-state index contributed by atoms with van der Waals surface area (Å²) >= 11 is 3.29. The first-order valence-corrected chi connectivity index (χ1v) is 49.7. The number of allylic oxidation sites excluding steroid dienone is 12. The summed E-state index contributed by atoms with van der Waals surface area (Å²) in [5, 5.41) is 0. The van der Waals surface area contributed by atoms with E-state index in [1.807, 2.05) is 0 Å². The summed E-state index contributed by atoms with van der Waals surface area (Å²) in [5.41, 5.74) is 11.1. The zero-order valence-electron chi connectivity index (χ0n) is 61.7. The molecule has 20 heteroatoms. The molecule has 4 aliphatic rings. The van der Waals surface area contributed by atoms with Gasteiger partial charge in [-0.2, -0.15) is 0 Å². The molecule has 4 aromatic heterocycles. The molecule has 8 nitrogen and oxygen atoms in total. The van der Waals surface area contributed by atoms with Crippen LogP contribution in [0.2, 0.25) is 0 Å². The molecule has 12 aromatic rings. The van der Waals surface area contributed by atoms with Gasteiger partial charge in [-0.1, -0.05) is 0 Å². The Balaban J connectivity index is 0.000000165. The number of rotatable bonds is 18. The van der Waals surface area contributed by atoms with Crippen molar-refractivity contribution in [1.82, 2.24) is 0 Å². The molecule has 0 atom stereocenters. The van der Waals surface area contributed by atoms with E-state index in [2.05, 4.69) is 385 Å². The second-order valence-electron chi connectivity index (χ2n) is 24.1. The maximum atomic E-state index is 2.50. The summed E-state index contributed by atoms with van der Waals surface area (Å²) in [6, 6.07) is 70.5. The van der Waals surface area contributed by atoms with Gasteiger partial charge in [-0.3, -0.25) is 0 Å². The number of para-hydroxylation sites is 8. The SMILES string of the molecule is CCN1C(=CC=C/C=C/C=Cc2[se]c3ccccc3[n+]2CC)[Se]c2ccccc21.CCN1C(=CC=CC=Cc2[se]c3ccccc3[n+]2CC)[Se]c2ccccc21.CCN1C(=CC=Cc2[se]c3ccccc3[n+]2CC)[Se]c2ccccc21.CCN1C(=Cc2[se]c3ccccc3[n+]2CC)[Se]c2ccccc21.[I-].[I-].[I-].[I-]. The quantitative estimate of drug-likeness (QED) is 0.0553. The van der Waals surface area contributed by atoms with E-state index in [1.165, 1.54) is 116 Å². The van der Waals surface area contributed by atoms with Gasteiger partial charge in [0.1, 0.15) is 0 Å². The fraction of sp³-hybridized carbons (Fsp3) is 0.182. The van der Waals surface area contributed by atoms with Crippen LogP contribution in [-0.4, -0.2) is 144 Å². The van der Waals surface area contributed by atoms with Gasteiger partial charge in [0.05, 0.1) is 0 Å². The topological polar surface area (TPSA) is 28.5 Å². The molecule has 0 N–H and O–H groups in total. The molecule has 0 amide bonds. The monoisotopic (exact) mass is 2400 g/mol. The molecule has 16 rings (SSSR count). The van der Waals surface area contributed by atoms with Crippen LogP contribution in [0.25, 0.3) is 63.4 Å². The molecule has 4 aliphatic heterocycles. The van der Waals surface area contributed by atoms with Crippen LogP contribution < -0.4 is 152 Å². The van der Waals surface area contributed by atoms with Crippen LogP contribution in [0.3, 0.4) is 0 Å². The number of hydrogen-bond donors (Lipinski definition) is 0. The minimum atomic E-state index is 0. The predicted octanol–water partition coefficient (Wildman–Crippen LogP) is 0.842. The van der Waals surface area contributed by atoms with E-state index in [0.717, 1.165) is 52.4 Å². The molecule has 556 valence electrons. The first-order chi connectivity index (χ1) is 51.3. The number of benzene rings is 8. The zero-order chi connectivity index (χ0) is 71.7. The van der Waals surface area contributed by atoms with Crippen molar-refractivity contribution < 1.29 is 114 Å². The number of fused-ring (bicyclic) bond motifs is 8. The normalized spacial score (nSPS) is 15.0. The summed E-state index contributed by atoms with van der Waals surface area (Å²) in [5.74, 6) is 0. The van der Waals surface area contributed by atoms with E-state index in [9.17, 15) is 0 Å². The number of anilines is 4. The smallest absolute Gasteiger partial charge is 1.00 e. The first-order valence-electron chi connectivity index (χ1n) is 36.0. The van der Waals surface area contributed by atoms with E-state index in [0.29, 0.717) is 118 Å². The Kier molecular flexibility index (Phi) is 36.0. The third-order valence-electron chi connectivity index (χ3n) is 18.0. The van der Waals surface area contributed by atoms with Crippen LogP contribution >= 0.6 is 0 Å². The summed E-state index contributed by atoms with van der Waals surface area (Å²) in [7, 11) is 0. The minimum Gasteiger partial charge on any atom is -1.00 e. The van der Waals surface area contributed by atoms with E-state index >= 15 is 0 Å². The number of aromatic nitrogens is 4. The van der Waals surface area contributed by atoms with Gasteiger partial charge in [0.15, 0.2) is 0 Å². The number of nitrogens with zero attached hydrogens (tertiary/aromatic N) is 8. The van der Waals surface area contributed by atoms with E-state index in [1.54, 1.807) is 0 Å². The predicted molar refractivity (Wildman–Crippen MR) is 453 cm³/mol. The van der Waals surface area contributed by atoms with Gasteiger partial charge < -0.3 is 95.9 Å². The number of aryl methyl sites for hydroxylation is 4. The molecule has 0 spiro atoms. The van der Waals surface area contributed by atoms with Crippen molar-refractivity contribution in [2.45, 2.75) is 81.6 Å². The standard InChI is InChI=1S/C25H25N2Se2.C23H23N2Se2.C21H21N2Se2.C19H19N2Se2.4HI/c1-3-26-20-14-10-12-16-22(20)28-24(26)18-8-6-5-7-9-19-25-27(4-2)21-15-11-13-17-23(21)29-25;1-3-24-18-12-8-10-14-20(18)26-22(24)16-6-5-7-17-23-25(4-2)19-13-9-11-15-21(19)27-23;1-3-22-16-10-5-7-12-18(16)24-20(22)14-9-15-21-23(4-2)17-11-6-8-13-19(17)25-21;1-3-20-14-9-5-7-11-16(14)22-18(20)13-19-21(4-2)15-10-6-8-12-17(15)23-19;;;;/h5-19H,3-4H2,1-2H3;5-17H,3-4H2,1-2H3;5-15H,3-4H2,1-2H3;5-13H,3-4H2,1-2H3;4*1H/q4*+1;;;;/p-4. The van der Waals surface area contributed by atoms with Crippen molar-refractivity contribution in [1.29, 1.82) is 0 Å². The molecule has 8 heterocycles. The summed E-state index contributed by atoms with van der Waals surface area (Å²) in [6.07, 6.45) is 35.7. The second kappa shape index (κ2) is 44.1. The van der Waals surface area contributed by atoms with Crippen LogP contribution in [0, 0.1) is 0 Å². The maximum Gasteiger partial charge on any atom is -1.00 e. The van der Waals surface area contributed by atoms with Crippen LogP contribution in [0.4, 0.5) is 22.7 Å². The van der Waals surface area contributed by atoms with Gasteiger partial charge in [0.2, 0.25) is 0 Å². The Hall–Kier alpha value is -3.88. The molecule has 108 heavy (non-hydrogen) atoms. The Bertz CT molecular complexity index is 5370. The fourth-order valence-electron chi connectivity index (χ4n) is 13.1. The molecule has 0 radical (unpaired) electrons. The molecule has 0 bridgehead atoms. The van der Waals surface area contributed by atoms with Crippen molar-refractivity contribution in [2.75, 3.05) is 45.8 Å². The second-order valence-corrected chi connectivity index (χ2v) is 41.9. The molecule has 0 fully saturated rings. The van der Waals surface area contributed by atoms with Crippen LogP contribution in [0.15, 0.2) is 285 Å². The molecule has 0 unspecified atom stereocenters. The van der Waals surface area contributed by atoms with E-state index in [4.69, 9.17) is 0 Å². The molecular formula is C88H88I4N8Se8. The molecule has 0 aliphatic carbocycles. The van der Waals surface area contributed by atoms with Crippen molar-refractivity contribution >= 4 is 222 Å². The Morgan fingerprint density at radius 3 is 0.833 bits per heavy atom. The average Bonchev–Trinajstić information content (AvgIpc) is 1.60. The molecular weight excluding hydrogens is 2310 g/mol. The largest absolute Gasteiger partial charge is 1.00 e. The van der Waals surface area contributed by atoms with Gasteiger partial charge in [0.25, 0.3) is 0 Å². The number of hydrogen-bond acceptors (Lipinski definition) is 4. The zero-order valence-corrected chi connectivity index (χ0v) is 84.1. The Morgan fingerprint density at radius 1 is 0.259 bits per heavy atom. The van der Waals surface area contributed by atoms with Crippen molar-refractivity contribution in [2.24, 2.45) is 0 Å². The fourth-order valence-corrected chi connectivity index (χ4v) is 32.7. The third kappa shape index (κ3) is 20.8. The molecule has 0 saturated heterocycles. The van der Waals surface area contributed by atoms with Crippen LogP contribution in [0.1, 0.15) is 73.7 Å². The molecule has 8 aromatic carbocycles. The van der Waals surface area contributed by atoms with Gasteiger partial charge in [-0.05, 0) is 0 Å². The van der Waals surface area contributed by atoms with Gasteiger partial charge >= 0.3 is 671 Å². The summed E-state index contributed by atoms with van der Waals surface area (Å²) < 4.78 is 33.5. The maximum absolute atomic E-state index is 2.50. The Morgan fingerprint density at radius 2 is 0.500 bits per heavy atom. The van der Waals surface area contributed by atoms with Gasteiger partial charge in [-0.25, -0.2) is 0 Å². The van der Waals surface area contributed by atoms with Crippen molar-refractivity contribution in [3.05, 3.63) is 304 Å². The van der Waals surface area contributed by atoms with Crippen LogP contribution in [-0.2, 0) is 26.2 Å². The van der Waals surface area contributed by atoms with Gasteiger partial charge in [-0.15, -0.1) is 0 Å². The summed E-state index contributed by atoms with van der Waals surface area (Å²) in [6.45, 7) is 26.1. The number of halogens is 4. The molecule has 0 saturated carbocycles. The first kappa shape index (κ1) is 88.1.